The van der Waals surface area contributed by atoms with Crippen LogP contribution in [0.5, 0.6) is 0 Å². The van der Waals surface area contributed by atoms with Crippen molar-refractivity contribution in [1.82, 2.24) is 9.80 Å². The predicted octanol–water partition coefficient (Wildman–Crippen LogP) is 5.13. The second-order valence-electron chi connectivity index (χ2n) is 9.09. The molecule has 0 N–H and O–H groups in total. The van der Waals surface area contributed by atoms with Gasteiger partial charge in [-0.05, 0) is 43.5 Å². The molecule has 0 bridgehead atoms. The number of furan rings is 1. The first kappa shape index (κ1) is 25.7. The van der Waals surface area contributed by atoms with Gasteiger partial charge in [0.05, 0.1) is 11.5 Å². The fourth-order valence-electron chi connectivity index (χ4n) is 3.84. The number of benzene rings is 2. The molecule has 1 heterocycles. The van der Waals surface area contributed by atoms with E-state index >= 15 is 0 Å². The van der Waals surface area contributed by atoms with Crippen LogP contribution in [-0.2, 0) is 17.9 Å². The van der Waals surface area contributed by atoms with Crippen LogP contribution >= 0.6 is 0 Å². The van der Waals surface area contributed by atoms with Gasteiger partial charge in [-0.15, -0.1) is 0 Å². The van der Waals surface area contributed by atoms with E-state index in [1.165, 1.54) is 11.0 Å². The average Bonchev–Trinajstić information content (AvgIpc) is 3.22. The van der Waals surface area contributed by atoms with Crippen molar-refractivity contribution in [3.63, 3.8) is 0 Å². The highest BCUT2D eigenvalue weighted by molar-refractivity contribution is 5.97. The van der Waals surface area contributed by atoms with Crippen molar-refractivity contribution in [2.75, 3.05) is 13.1 Å². The quantitative estimate of drug-likeness (QED) is 0.298. The lowest BCUT2D eigenvalue weighted by molar-refractivity contribution is -0.385. The molecule has 0 unspecified atom stereocenters. The summed E-state index contributed by atoms with van der Waals surface area (Å²) in [5.41, 5.74) is 1.50. The highest BCUT2D eigenvalue weighted by atomic mass is 16.6. The third-order valence-corrected chi connectivity index (χ3v) is 5.56. The summed E-state index contributed by atoms with van der Waals surface area (Å²) in [5, 5.41) is 11.4. The maximum Gasteiger partial charge on any atom is 0.273 e. The van der Waals surface area contributed by atoms with Crippen LogP contribution in [0, 0.1) is 29.9 Å². The molecule has 8 heteroatoms. The predicted molar refractivity (Wildman–Crippen MR) is 133 cm³/mol. The lowest BCUT2D eigenvalue weighted by Gasteiger charge is -2.28. The van der Waals surface area contributed by atoms with Crippen LogP contribution in [0.2, 0.25) is 0 Å². The molecule has 35 heavy (non-hydrogen) atoms. The molecule has 1 aromatic heterocycles. The standard InChI is InChI=1S/C27H31N3O5/c1-19(2)15-29(27(32)23-12-10-20(3)25(14-23)30(33)34)18-26(31)28(16-22-8-6-5-7-9-22)17-24-13-11-21(4)35-24/h5-14,19H,15-18H2,1-4H3. The molecule has 3 aromatic rings. The first-order valence-corrected chi connectivity index (χ1v) is 11.6. The Kier molecular flexibility index (Phi) is 8.41. The first-order chi connectivity index (χ1) is 16.6. The number of rotatable bonds is 10. The van der Waals surface area contributed by atoms with Gasteiger partial charge in [0.25, 0.3) is 11.6 Å². The molecule has 0 saturated heterocycles. The molecule has 0 aliphatic carbocycles. The van der Waals surface area contributed by atoms with Crippen molar-refractivity contribution in [3.8, 4) is 0 Å². The molecule has 0 radical (unpaired) electrons. The van der Waals surface area contributed by atoms with Crippen molar-refractivity contribution < 1.29 is 18.9 Å². The molecular formula is C27H31N3O5. The molecular weight excluding hydrogens is 446 g/mol. The molecule has 0 aliphatic heterocycles. The van der Waals surface area contributed by atoms with Gasteiger partial charge < -0.3 is 14.2 Å². The highest BCUT2D eigenvalue weighted by Crippen LogP contribution is 2.21. The van der Waals surface area contributed by atoms with Gasteiger partial charge in [0, 0.05) is 30.3 Å². The van der Waals surface area contributed by atoms with Crippen LogP contribution in [0.3, 0.4) is 0 Å². The Labute approximate surface area is 205 Å². The Balaban J connectivity index is 1.86. The van der Waals surface area contributed by atoms with Crippen molar-refractivity contribution in [3.05, 3.63) is 99.0 Å². The highest BCUT2D eigenvalue weighted by Gasteiger charge is 2.25. The van der Waals surface area contributed by atoms with Crippen molar-refractivity contribution >= 4 is 17.5 Å². The maximum atomic E-state index is 13.5. The number of aryl methyl sites for hydroxylation is 2. The summed E-state index contributed by atoms with van der Waals surface area (Å²) >= 11 is 0. The summed E-state index contributed by atoms with van der Waals surface area (Å²) < 4.78 is 5.70. The van der Waals surface area contributed by atoms with E-state index in [1.54, 1.807) is 24.0 Å². The lowest BCUT2D eigenvalue weighted by Crippen LogP contribution is -2.43. The van der Waals surface area contributed by atoms with Crippen LogP contribution < -0.4 is 0 Å². The molecule has 0 saturated carbocycles. The Morgan fingerprint density at radius 3 is 2.29 bits per heavy atom. The van der Waals surface area contributed by atoms with E-state index in [0.717, 1.165) is 11.3 Å². The fourth-order valence-corrected chi connectivity index (χ4v) is 3.84. The summed E-state index contributed by atoms with van der Waals surface area (Å²) in [6, 6.07) is 17.7. The normalized spacial score (nSPS) is 10.9. The number of nitro benzene ring substituents is 1. The average molecular weight is 478 g/mol. The van der Waals surface area contributed by atoms with E-state index in [4.69, 9.17) is 4.42 Å². The van der Waals surface area contributed by atoms with Gasteiger partial charge in [0.15, 0.2) is 0 Å². The Hall–Kier alpha value is -3.94. The van der Waals surface area contributed by atoms with E-state index in [1.807, 2.05) is 63.2 Å². The molecule has 0 spiro atoms. The number of amides is 2. The molecule has 0 fully saturated rings. The maximum absolute atomic E-state index is 13.5. The van der Waals surface area contributed by atoms with Crippen molar-refractivity contribution in [2.24, 2.45) is 5.92 Å². The van der Waals surface area contributed by atoms with Gasteiger partial charge in [0.2, 0.25) is 5.91 Å². The second kappa shape index (κ2) is 11.5. The smallest absolute Gasteiger partial charge is 0.273 e. The van der Waals surface area contributed by atoms with Crippen LogP contribution in [0.25, 0.3) is 0 Å². The third-order valence-electron chi connectivity index (χ3n) is 5.56. The Bertz CT molecular complexity index is 1190. The first-order valence-electron chi connectivity index (χ1n) is 11.6. The minimum atomic E-state index is -0.503. The molecule has 184 valence electrons. The van der Waals surface area contributed by atoms with Gasteiger partial charge in [-0.25, -0.2) is 0 Å². The van der Waals surface area contributed by atoms with Gasteiger partial charge in [-0.2, -0.15) is 0 Å². The van der Waals surface area contributed by atoms with E-state index in [-0.39, 0.29) is 36.2 Å². The molecule has 2 aromatic carbocycles. The van der Waals surface area contributed by atoms with E-state index in [9.17, 15) is 19.7 Å². The summed E-state index contributed by atoms with van der Waals surface area (Å²) in [4.78, 5) is 40.8. The van der Waals surface area contributed by atoms with Gasteiger partial charge in [-0.1, -0.05) is 50.2 Å². The number of hydrogen-bond acceptors (Lipinski definition) is 5. The molecule has 2 amide bonds. The minimum absolute atomic E-state index is 0.0995. The zero-order valence-electron chi connectivity index (χ0n) is 20.6. The topological polar surface area (TPSA) is 96.9 Å². The number of carbonyl (C=O) groups is 2. The van der Waals surface area contributed by atoms with Crippen LogP contribution in [0.4, 0.5) is 5.69 Å². The minimum Gasteiger partial charge on any atom is -0.464 e. The monoisotopic (exact) mass is 477 g/mol. The third kappa shape index (κ3) is 7.02. The Morgan fingerprint density at radius 1 is 0.971 bits per heavy atom. The van der Waals surface area contributed by atoms with E-state index < -0.39 is 10.8 Å². The molecule has 0 atom stereocenters. The summed E-state index contributed by atoms with van der Waals surface area (Å²) in [6.45, 7) is 8.19. The fraction of sp³-hybridized carbons (Fsp3) is 0.333. The molecule has 8 nitrogen and oxygen atoms in total. The van der Waals surface area contributed by atoms with Crippen LogP contribution in [0.15, 0.2) is 65.1 Å². The van der Waals surface area contributed by atoms with Crippen molar-refractivity contribution in [1.29, 1.82) is 0 Å². The largest absolute Gasteiger partial charge is 0.464 e. The number of carbonyl (C=O) groups excluding carboxylic acids is 2. The van der Waals surface area contributed by atoms with Gasteiger partial charge in [-0.3, -0.25) is 19.7 Å². The van der Waals surface area contributed by atoms with E-state index in [2.05, 4.69) is 0 Å². The molecule has 0 aliphatic rings. The zero-order valence-corrected chi connectivity index (χ0v) is 20.6. The van der Waals surface area contributed by atoms with Crippen LogP contribution in [-0.4, -0.2) is 39.6 Å². The van der Waals surface area contributed by atoms with Gasteiger partial charge in [0.1, 0.15) is 18.1 Å². The van der Waals surface area contributed by atoms with Crippen LogP contribution in [0.1, 0.15) is 46.9 Å². The Morgan fingerprint density at radius 2 is 1.69 bits per heavy atom. The zero-order chi connectivity index (χ0) is 25.5. The summed E-state index contributed by atoms with van der Waals surface area (Å²) in [5.74, 6) is 0.858. The van der Waals surface area contributed by atoms with Crippen molar-refractivity contribution in [2.45, 2.75) is 40.8 Å². The number of nitro groups is 1. The molecule has 3 rings (SSSR count). The number of hydrogen-bond donors (Lipinski definition) is 0. The summed E-state index contributed by atoms with van der Waals surface area (Å²) in [7, 11) is 0. The lowest BCUT2D eigenvalue weighted by atomic mass is 10.1. The van der Waals surface area contributed by atoms with E-state index in [0.29, 0.717) is 24.4 Å². The number of nitrogens with zero attached hydrogens (tertiary/aromatic N) is 3. The summed E-state index contributed by atoms with van der Waals surface area (Å²) in [6.07, 6.45) is 0. The SMILES string of the molecule is Cc1ccc(CN(Cc2ccccc2)C(=O)CN(CC(C)C)C(=O)c2ccc(C)c([N+](=O)[O-])c2)o1. The van der Waals surface area contributed by atoms with Gasteiger partial charge >= 0.3 is 0 Å². The second-order valence-corrected chi connectivity index (χ2v) is 9.09.